The number of amides is 4. The molecule has 0 unspecified atom stereocenters. The number of carbonyl (C=O) groups excluding carboxylic acids is 3. The van der Waals surface area contributed by atoms with Crippen LogP contribution in [0.3, 0.4) is 0 Å². The fourth-order valence-corrected chi connectivity index (χ4v) is 3.43. The van der Waals surface area contributed by atoms with E-state index < -0.39 is 17.5 Å². The van der Waals surface area contributed by atoms with Crippen LogP contribution in [0.5, 0.6) is 0 Å². The van der Waals surface area contributed by atoms with Gasteiger partial charge >= 0.3 is 6.03 Å². The van der Waals surface area contributed by atoms with Crippen LogP contribution in [0.4, 0.5) is 4.79 Å². The molecular formula is C22H25N3O3. The van der Waals surface area contributed by atoms with E-state index in [9.17, 15) is 14.4 Å². The Balaban J connectivity index is 1.71. The molecule has 6 heteroatoms. The summed E-state index contributed by atoms with van der Waals surface area (Å²) < 4.78 is 0. The number of hydrogen-bond donors (Lipinski definition) is 1. The van der Waals surface area contributed by atoms with Crippen molar-refractivity contribution in [3.63, 3.8) is 0 Å². The number of nitrogens with zero attached hydrogens (tertiary/aromatic N) is 2. The molecule has 0 bridgehead atoms. The smallest absolute Gasteiger partial charge is 0.325 e. The molecule has 3 rings (SSSR count). The highest BCUT2D eigenvalue weighted by molar-refractivity contribution is 6.09. The molecule has 1 N–H and O–H groups in total. The van der Waals surface area contributed by atoms with Crippen LogP contribution in [-0.4, -0.2) is 41.2 Å². The van der Waals surface area contributed by atoms with Crippen molar-refractivity contribution in [3.8, 4) is 0 Å². The number of imide groups is 1. The summed E-state index contributed by atoms with van der Waals surface area (Å²) in [6.45, 7) is 5.82. The van der Waals surface area contributed by atoms with E-state index in [1.807, 2.05) is 44.2 Å². The fourth-order valence-electron chi connectivity index (χ4n) is 3.43. The molecule has 2 aromatic carbocycles. The summed E-state index contributed by atoms with van der Waals surface area (Å²) in [4.78, 5) is 40.5. The van der Waals surface area contributed by atoms with Crippen LogP contribution < -0.4 is 5.32 Å². The van der Waals surface area contributed by atoms with E-state index in [1.165, 1.54) is 4.90 Å². The fraction of sp³-hybridized carbons (Fsp3) is 0.318. The molecule has 28 heavy (non-hydrogen) atoms. The summed E-state index contributed by atoms with van der Waals surface area (Å²) in [5.74, 6) is -0.710. The summed E-state index contributed by atoms with van der Waals surface area (Å²) >= 11 is 0. The zero-order valence-corrected chi connectivity index (χ0v) is 16.7. The number of likely N-dealkylation sites (N-methyl/N-ethyl adjacent to an activating group) is 1. The zero-order valence-electron chi connectivity index (χ0n) is 16.7. The minimum absolute atomic E-state index is 0.283. The molecule has 146 valence electrons. The van der Waals surface area contributed by atoms with E-state index in [-0.39, 0.29) is 12.5 Å². The van der Waals surface area contributed by atoms with Crippen molar-refractivity contribution in [2.75, 3.05) is 13.6 Å². The van der Waals surface area contributed by atoms with Crippen molar-refractivity contribution in [2.24, 2.45) is 0 Å². The molecule has 2 aromatic rings. The molecule has 0 radical (unpaired) electrons. The molecule has 0 saturated carbocycles. The first kappa shape index (κ1) is 19.6. The number of hydrogen-bond acceptors (Lipinski definition) is 3. The second kappa shape index (κ2) is 7.46. The average molecular weight is 379 g/mol. The Labute approximate surface area is 165 Å². The van der Waals surface area contributed by atoms with Crippen LogP contribution in [0, 0.1) is 13.8 Å². The molecule has 0 aromatic heterocycles. The Morgan fingerprint density at radius 1 is 1.11 bits per heavy atom. The lowest BCUT2D eigenvalue weighted by atomic mass is 9.92. The molecule has 1 aliphatic heterocycles. The first-order valence-electron chi connectivity index (χ1n) is 9.22. The molecule has 1 saturated heterocycles. The van der Waals surface area contributed by atoms with Crippen LogP contribution in [-0.2, 0) is 21.7 Å². The van der Waals surface area contributed by atoms with E-state index >= 15 is 0 Å². The molecule has 6 nitrogen and oxygen atoms in total. The third-order valence-corrected chi connectivity index (χ3v) is 5.25. The highest BCUT2D eigenvalue weighted by atomic mass is 16.2. The SMILES string of the molecule is Cc1ccc(CN(C)C(=O)CN2C(=O)N[C@@](C)(c3ccccc3)C2=O)c(C)c1. The van der Waals surface area contributed by atoms with Gasteiger partial charge in [-0.15, -0.1) is 0 Å². The number of carbonyl (C=O) groups is 3. The Kier molecular flexibility index (Phi) is 5.23. The number of nitrogens with one attached hydrogen (secondary N) is 1. The van der Waals surface area contributed by atoms with Crippen molar-refractivity contribution < 1.29 is 14.4 Å². The van der Waals surface area contributed by atoms with E-state index in [1.54, 1.807) is 26.1 Å². The normalized spacial score (nSPS) is 18.9. The summed E-state index contributed by atoms with van der Waals surface area (Å²) in [5, 5.41) is 2.72. The lowest BCUT2D eigenvalue weighted by Gasteiger charge is -2.23. The number of aryl methyl sites for hydroxylation is 2. The van der Waals surface area contributed by atoms with Crippen molar-refractivity contribution in [1.29, 1.82) is 0 Å². The van der Waals surface area contributed by atoms with Gasteiger partial charge in [-0.05, 0) is 37.5 Å². The zero-order chi connectivity index (χ0) is 20.5. The lowest BCUT2D eigenvalue weighted by molar-refractivity contribution is -0.138. The molecule has 1 aliphatic rings. The van der Waals surface area contributed by atoms with E-state index in [0.717, 1.165) is 21.6 Å². The van der Waals surface area contributed by atoms with Crippen molar-refractivity contribution >= 4 is 17.8 Å². The van der Waals surface area contributed by atoms with E-state index in [2.05, 4.69) is 11.4 Å². The van der Waals surface area contributed by atoms with Gasteiger partial charge in [0, 0.05) is 13.6 Å². The number of urea groups is 1. The molecule has 1 atom stereocenters. The molecule has 0 aliphatic carbocycles. The Morgan fingerprint density at radius 2 is 1.79 bits per heavy atom. The van der Waals surface area contributed by atoms with Crippen LogP contribution in [0.15, 0.2) is 48.5 Å². The van der Waals surface area contributed by atoms with Crippen molar-refractivity contribution in [3.05, 3.63) is 70.8 Å². The van der Waals surface area contributed by atoms with Gasteiger partial charge < -0.3 is 10.2 Å². The Hall–Kier alpha value is -3.15. The second-order valence-corrected chi connectivity index (χ2v) is 7.49. The first-order valence-corrected chi connectivity index (χ1v) is 9.22. The molecule has 1 heterocycles. The predicted molar refractivity (Wildman–Crippen MR) is 106 cm³/mol. The highest BCUT2D eigenvalue weighted by Crippen LogP contribution is 2.28. The lowest BCUT2D eigenvalue weighted by Crippen LogP contribution is -2.43. The standard InChI is InChI=1S/C22H25N3O3/c1-15-10-11-17(16(2)12-15)13-24(4)19(26)14-25-20(27)22(3,23-21(25)28)18-8-6-5-7-9-18/h5-12H,13-14H2,1-4H3,(H,23,28)/t22-/m0/s1. The van der Waals surface area contributed by atoms with Gasteiger partial charge in [-0.1, -0.05) is 54.1 Å². The first-order chi connectivity index (χ1) is 13.2. The maximum Gasteiger partial charge on any atom is 0.325 e. The van der Waals surface area contributed by atoms with Crippen LogP contribution in [0.1, 0.15) is 29.2 Å². The number of rotatable bonds is 5. The number of benzene rings is 2. The monoisotopic (exact) mass is 379 g/mol. The average Bonchev–Trinajstić information content (AvgIpc) is 2.88. The summed E-state index contributed by atoms with van der Waals surface area (Å²) in [6, 6.07) is 14.6. The molecule has 1 fully saturated rings. The minimum Gasteiger partial charge on any atom is -0.340 e. The van der Waals surface area contributed by atoms with Gasteiger partial charge in [-0.25, -0.2) is 4.79 Å². The van der Waals surface area contributed by atoms with Gasteiger partial charge in [-0.3, -0.25) is 14.5 Å². The Bertz CT molecular complexity index is 926. The van der Waals surface area contributed by atoms with Crippen LogP contribution >= 0.6 is 0 Å². The molecular weight excluding hydrogens is 354 g/mol. The van der Waals surface area contributed by atoms with Crippen molar-refractivity contribution in [2.45, 2.75) is 32.9 Å². The topological polar surface area (TPSA) is 69.7 Å². The highest BCUT2D eigenvalue weighted by Gasteiger charge is 2.49. The summed E-state index contributed by atoms with van der Waals surface area (Å²) in [5.41, 5.74) is 2.82. The Morgan fingerprint density at radius 3 is 2.43 bits per heavy atom. The van der Waals surface area contributed by atoms with E-state index in [0.29, 0.717) is 12.1 Å². The van der Waals surface area contributed by atoms with Crippen LogP contribution in [0.25, 0.3) is 0 Å². The largest absolute Gasteiger partial charge is 0.340 e. The van der Waals surface area contributed by atoms with Crippen LogP contribution in [0.2, 0.25) is 0 Å². The summed E-state index contributed by atoms with van der Waals surface area (Å²) in [6.07, 6.45) is 0. The van der Waals surface area contributed by atoms with Gasteiger partial charge in [0.15, 0.2) is 0 Å². The van der Waals surface area contributed by atoms with Crippen molar-refractivity contribution in [1.82, 2.24) is 15.1 Å². The second-order valence-electron chi connectivity index (χ2n) is 7.49. The van der Waals surface area contributed by atoms with Gasteiger partial charge in [0.25, 0.3) is 5.91 Å². The third kappa shape index (κ3) is 3.63. The third-order valence-electron chi connectivity index (χ3n) is 5.25. The quantitative estimate of drug-likeness (QED) is 0.812. The summed E-state index contributed by atoms with van der Waals surface area (Å²) in [7, 11) is 1.68. The molecule has 4 amide bonds. The maximum absolute atomic E-state index is 12.9. The maximum atomic E-state index is 12.9. The van der Waals surface area contributed by atoms with Gasteiger partial charge in [-0.2, -0.15) is 0 Å². The van der Waals surface area contributed by atoms with Gasteiger partial charge in [0.05, 0.1) is 0 Å². The van der Waals surface area contributed by atoms with E-state index in [4.69, 9.17) is 0 Å². The van der Waals surface area contributed by atoms with Gasteiger partial charge in [0.1, 0.15) is 12.1 Å². The minimum atomic E-state index is -1.16. The molecule has 0 spiro atoms. The van der Waals surface area contributed by atoms with Gasteiger partial charge in [0.2, 0.25) is 5.91 Å². The predicted octanol–water partition coefficient (Wildman–Crippen LogP) is 2.73.